The van der Waals surface area contributed by atoms with Crippen LogP contribution in [0.2, 0.25) is 0 Å². The molecule has 0 aliphatic rings. The third-order valence-electron chi connectivity index (χ3n) is 0.101. The van der Waals surface area contributed by atoms with Gasteiger partial charge < -0.3 is 9.76 Å². The Balaban J connectivity index is 0. The van der Waals surface area contributed by atoms with E-state index in [-0.39, 0.29) is 32.7 Å². The maximum Gasteiger partial charge on any atom is 0.486 e. The maximum atomic E-state index is 9.02. The van der Waals surface area contributed by atoms with Gasteiger partial charge in [-0.1, -0.05) is 0 Å². The summed E-state index contributed by atoms with van der Waals surface area (Å²) in [6, 6.07) is 0. The average molecular weight is 161 g/mol. The Morgan fingerprint density at radius 3 is 2.00 bits per heavy atom. The molecule has 0 bridgehead atoms. The molecule has 29 valence electrons. The molecule has 0 rings (SSSR count). The summed E-state index contributed by atoms with van der Waals surface area (Å²) in [6.45, 7) is 0. The van der Waals surface area contributed by atoms with Crippen LogP contribution >= 0.6 is 0 Å². The van der Waals surface area contributed by atoms with E-state index in [1.807, 2.05) is 0 Å². The molecule has 0 saturated carbocycles. The van der Waals surface area contributed by atoms with Gasteiger partial charge in [0.2, 0.25) is 0 Å². The number of hydrogen-bond acceptors (Lipinski definition) is 2. The van der Waals surface area contributed by atoms with Crippen molar-refractivity contribution < 1.29 is 47.3 Å². The fourth-order valence-corrected chi connectivity index (χ4v) is 0. The zero-order valence-corrected chi connectivity index (χ0v) is 5.76. The maximum absolute atomic E-state index is 9.02. The molecule has 0 aliphatic carbocycles. The Morgan fingerprint density at radius 2 is 2.00 bits per heavy atom. The topological polar surface area (TPSA) is 46.5 Å². The van der Waals surface area contributed by atoms with Gasteiger partial charge in [0, 0.05) is 32.7 Å². The van der Waals surface area contributed by atoms with Crippen LogP contribution in [0.1, 0.15) is 0 Å². The van der Waals surface area contributed by atoms with E-state index in [4.69, 9.17) is 9.90 Å². The molecule has 0 fully saturated rings. The Hall–Kier alpha value is 0.439. The smallest absolute Gasteiger partial charge is 0.486 e. The van der Waals surface area contributed by atoms with Crippen molar-refractivity contribution in [1.82, 2.24) is 0 Å². The summed E-state index contributed by atoms with van der Waals surface area (Å²) in [4.78, 5) is 9.02. The summed E-state index contributed by atoms with van der Waals surface area (Å²) in [7, 11) is 4.07. The summed E-state index contributed by atoms with van der Waals surface area (Å²) >= 11 is 0. The van der Waals surface area contributed by atoms with Crippen molar-refractivity contribution in [2.24, 2.45) is 0 Å². The van der Waals surface area contributed by atoms with Gasteiger partial charge >= 0.3 is 14.2 Å². The molecular formula is CHBO3Y. The molecule has 5 heteroatoms. The fraction of sp³-hybridized carbons (Fsp3) is 0. The number of hydrogen-bond donors (Lipinski definition) is 1. The van der Waals surface area contributed by atoms with E-state index in [2.05, 4.69) is 12.7 Å². The second-order valence-corrected chi connectivity index (χ2v) is 0.384. The summed E-state index contributed by atoms with van der Waals surface area (Å²) in [5, 5.41) is 7.38. The number of carboxylic acid groups (broad SMARTS) is 1. The third kappa shape index (κ3) is 8.83. The summed E-state index contributed by atoms with van der Waals surface area (Å²) < 4.78 is 3.17. The number of rotatable bonds is 0. The first kappa shape index (κ1) is 9.67. The Morgan fingerprint density at radius 1 is 1.83 bits per heavy atom. The second-order valence-electron chi connectivity index (χ2n) is 0.384. The van der Waals surface area contributed by atoms with Gasteiger partial charge in [0.1, 0.15) is 0 Å². The molecule has 0 heterocycles. The molecule has 0 aliphatic heterocycles. The van der Waals surface area contributed by atoms with Crippen LogP contribution in [0.5, 0.6) is 0 Å². The number of carbonyl (C=O) groups is 1. The van der Waals surface area contributed by atoms with E-state index in [0.29, 0.717) is 0 Å². The van der Waals surface area contributed by atoms with Crippen LogP contribution in [0.3, 0.4) is 0 Å². The van der Waals surface area contributed by atoms with Crippen LogP contribution in [-0.4, -0.2) is 19.3 Å². The second kappa shape index (κ2) is 5.44. The monoisotopic (exact) mass is 161 g/mol. The fourth-order valence-electron chi connectivity index (χ4n) is 0. The molecule has 0 atom stereocenters. The molecule has 0 aromatic heterocycles. The SMILES string of the molecule is [B]OC(=O)O.[Y]. The van der Waals surface area contributed by atoms with E-state index in [1.54, 1.807) is 0 Å². The Labute approximate surface area is 61.4 Å². The van der Waals surface area contributed by atoms with Gasteiger partial charge in [-0.3, -0.25) is 0 Å². The van der Waals surface area contributed by atoms with E-state index in [1.165, 1.54) is 0 Å². The van der Waals surface area contributed by atoms with Crippen molar-refractivity contribution >= 4 is 14.2 Å². The predicted molar refractivity (Wildman–Crippen MR) is 14.9 cm³/mol. The molecule has 0 saturated heterocycles. The zero-order chi connectivity index (χ0) is 4.28. The normalized spacial score (nSPS) is 5.33. The molecule has 3 nitrogen and oxygen atoms in total. The summed E-state index contributed by atoms with van der Waals surface area (Å²) in [6.07, 6.45) is -1.47. The van der Waals surface area contributed by atoms with Gasteiger partial charge in [0.15, 0.2) is 0 Å². The molecular weight excluding hydrogens is 160 g/mol. The molecule has 3 radical (unpaired) electrons. The largest absolute Gasteiger partial charge is 0.513 e. The molecule has 0 aromatic rings. The van der Waals surface area contributed by atoms with E-state index < -0.39 is 6.16 Å². The minimum Gasteiger partial charge on any atom is -0.513 e. The molecule has 0 amide bonds. The molecule has 0 aromatic carbocycles. The standard InChI is InChI=1S/CHBO3.Y/c2-5-1(3)4;/h(H,3,4);. The zero-order valence-electron chi connectivity index (χ0n) is 2.92. The van der Waals surface area contributed by atoms with Gasteiger partial charge in [-0.25, -0.2) is 4.79 Å². The van der Waals surface area contributed by atoms with Gasteiger partial charge in [-0.05, 0) is 0 Å². The van der Waals surface area contributed by atoms with Gasteiger partial charge in [-0.15, -0.1) is 0 Å². The van der Waals surface area contributed by atoms with E-state index in [9.17, 15) is 0 Å². The van der Waals surface area contributed by atoms with Crippen molar-refractivity contribution in [2.45, 2.75) is 0 Å². The van der Waals surface area contributed by atoms with Crippen molar-refractivity contribution in [1.29, 1.82) is 0 Å². The van der Waals surface area contributed by atoms with Gasteiger partial charge in [-0.2, -0.15) is 0 Å². The van der Waals surface area contributed by atoms with Crippen LogP contribution in [0.15, 0.2) is 0 Å². The quantitative estimate of drug-likeness (QED) is 0.498. The van der Waals surface area contributed by atoms with Crippen LogP contribution < -0.4 is 0 Å². The van der Waals surface area contributed by atoms with Crippen molar-refractivity contribution in [3.63, 3.8) is 0 Å². The minimum absolute atomic E-state index is 0. The van der Waals surface area contributed by atoms with Crippen LogP contribution in [0, 0.1) is 0 Å². The average Bonchev–Trinajstić information content (AvgIpc) is 1.38. The summed E-state index contributed by atoms with van der Waals surface area (Å²) in [5.74, 6) is 0. The Kier molecular flexibility index (Phi) is 8.76. The molecule has 6 heavy (non-hydrogen) atoms. The molecule has 0 unspecified atom stereocenters. The first-order valence-corrected chi connectivity index (χ1v) is 0.868. The van der Waals surface area contributed by atoms with Crippen molar-refractivity contribution in [2.75, 3.05) is 0 Å². The van der Waals surface area contributed by atoms with Crippen molar-refractivity contribution in [3.8, 4) is 0 Å². The molecule has 1 N–H and O–H groups in total. The van der Waals surface area contributed by atoms with E-state index >= 15 is 0 Å². The van der Waals surface area contributed by atoms with E-state index in [0.717, 1.165) is 0 Å². The Bertz CT molecular complexity index is 46.1. The predicted octanol–water partition coefficient (Wildman–Crippen LogP) is -0.238. The summed E-state index contributed by atoms with van der Waals surface area (Å²) in [5.41, 5.74) is 0. The first-order chi connectivity index (χ1) is 2.27. The van der Waals surface area contributed by atoms with Gasteiger partial charge in [0.05, 0.1) is 0 Å². The van der Waals surface area contributed by atoms with Gasteiger partial charge in [0.25, 0.3) is 0 Å². The molecule has 0 spiro atoms. The first-order valence-electron chi connectivity index (χ1n) is 0.868. The minimum atomic E-state index is -1.47. The van der Waals surface area contributed by atoms with Crippen LogP contribution in [0.25, 0.3) is 0 Å². The third-order valence-corrected chi connectivity index (χ3v) is 0.101. The van der Waals surface area contributed by atoms with Crippen molar-refractivity contribution in [3.05, 3.63) is 0 Å². The van der Waals surface area contributed by atoms with Crippen LogP contribution in [-0.2, 0) is 37.4 Å². The van der Waals surface area contributed by atoms with Crippen LogP contribution in [0.4, 0.5) is 4.79 Å².